The molecule has 0 unspecified atom stereocenters. The number of nitrogens with one attached hydrogen (secondary N) is 2. The number of carbonyl (C=O) groups excluding carboxylic acids is 2. The van der Waals surface area contributed by atoms with Crippen LogP contribution in [-0.4, -0.2) is 64.5 Å². The van der Waals surface area contributed by atoms with Gasteiger partial charge in [0.2, 0.25) is 11.8 Å². The maximum atomic E-state index is 12.9. The molecule has 0 bridgehead atoms. The molecule has 0 aliphatic heterocycles. The van der Waals surface area contributed by atoms with Crippen LogP contribution in [-0.2, 0) is 23.8 Å². The Hall–Kier alpha value is -2.22. The van der Waals surface area contributed by atoms with Gasteiger partial charge in [0, 0.05) is 32.5 Å². The Bertz CT molecular complexity index is 883. The minimum atomic E-state index is -0.109. The van der Waals surface area contributed by atoms with Crippen molar-refractivity contribution in [2.24, 2.45) is 0 Å². The molecule has 0 rings (SSSR count). The third-order valence-corrected chi connectivity index (χ3v) is 9.82. The monoisotopic (exact) mass is 773 g/mol. The van der Waals surface area contributed by atoms with Crippen LogP contribution in [0.3, 0.4) is 0 Å². The van der Waals surface area contributed by atoms with Crippen LogP contribution in [0.5, 0.6) is 0 Å². The van der Waals surface area contributed by atoms with E-state index in [1.54, 1.807) is 7.11 Å². The Labute approximate surface area is 340 Å². The van der Waals surface area contributed by atoms with Crippen molar-refractivity contribution in [3.63, 3.8) is 0 Å². The molecule has 0 aliphatic rings. The average Bonchev–Trinajstić information content (AvgIpc) is 3.18. The number of hydrogen-bond acceptors (Lipinski definition) is 5. The predicted octanol–water partition coefficient (Wildman–Crippen LogP) is 12.5. The molecule has 0 saturated carbocycles. The van der Waals surface area contributed by atoms with Crippen LogP contribution in [0.15, 0.2) is 48.6 Å². The Morgan fingerprint density at radius 1 is 0.473 bits per heavy atom. The van der Waals surface area contributed by atoms with E-state index in [0.29, 0.717) is 39.6 Å². The van der Waals surface area contributed by atoms with Gasteiger partial charge in [0.25, 0.3) is 0 Å². The summed E-state index contributed by atoms with van der Waals surface area (Å²) in [5, 5.41) is 6.15. The topological polar surface area (TPSA) is 85.9 Å². The number of allylic oxidation sites excluding steroid dienone is 8. The van der Waals surface area contributed by atoms with Crippen molar-refractivity contribution in [1.82, 2.24) is 10.6 Å². The number of unbranched alkanes of at least 4 members (excludes halogenated alkanes) is 18. The molecule has 0 spiro atoms. The first-order valence-electron chi connectivity index (χ1n) is 22.9. The maximum Gasteiger partial charge on any atom is 0.220 e. The Balaban J connectivity index is 4.30. The second kappa shape index (κ2) is 46.2. The Morgan fingerprint density at radius 3 is 1.35 bits per heavy atom. The molecule has 0 heterocycles. The highest BCUT2D eigenvalue weighted by Gasteiger charge is 2.13. The molecule has 320 valence electrons. The zero-order chi connectivity index (χ0) is 40.0. The van der Waals surface area contributed by atoms with Gasteiger partial charge >= 0.3 is 0 Å². The van der Waals surface area contributed by atoms with Crippen molar-refractivity contribution in [2.75, 3.05) is 46.7 Å². The van der Waals surface area contributed by atoms with Crippen molar-refractivity contribution >= 4 is 11.8 Å². The highest BCUT2D eigenvalue weighted by Crippen LogP contribution is 2.16. The van der Waals surface area contributed by atoms with E-state index in [2.05, 4.69) is 73.1 Å². The second-order valence-electron chi connectivity index (χ2n) is 15.1. The molecule has 0 aliphatic carbocycles. The molecular formula is C48H88N2O5. The van der Waals surface area contributed by atoms with Crippen molar-refractivity contribution in [2.45, 2.75) is 200 Å². The number of ether oxygens (including phenoxy) is 3. The summed E-state index contributed by atoms with van der Waals surface area (Å²) in [7, 11) is 1.64. The molecule has 55 heavy (non-hydrogen) atoms. The largest absolute Gasteiger partial charge is 0.382 e. The SMILES string of the molecule is CCCCC/C=C\C/C=C\CCCCCCCCC(CCCCCCCC/C=C\C/C=C\CCCCC)NC(=O)CCC(=O)NCCOCCOCCOC. The van der Waals surface area contributed by atoms with Crippen molar-refractivity contribution in [3.05, 3.63) is 48.6 Å². The molecular weight excluding hydrogens is 685 g/mol. The van der Waals surface area contributed by atoms with Crippen molar-refractivity contribution in [3.8, 4) is 0 Å². The second-order valence-corrected chi connectivity index (χ2v) is 15.1. The molecule has 7 heteroatoms. The van der Waals surface area contributed by atoms with Gasteiger partial charge < -0.3 is 24.8 Å². The van der Waals surface area contributed by atoms with E-state index in [9.17, 15) is 9.59 Å². The minimum Gasteiger partial charge on any atom is -0.382 e. The van der Waals surface area contributed by atoms with Crippen LogP contribution in [0.4, 0.5) is 0 Å². The van der Waals surface area contributed by atoms with E-state index >= 15 is 0 Å². The van der Waals surface area contributed by atoms with Gasteiger partial charge in [-0.3, -0.25) is 9.59 Å². The van der Waals surface area contributed by atoms with Gasteiger partial charge in [0.05, 0.1) is 33.0 Å². The van der Waals surface area contributed by atoms with Crippen LogP contribution in [0.2, 0.25) is 0 Å². The minimum absolute atomic E-state index is 0.00955. The molecule has 0 aromatic carbocycles. The van der Waals surface area contributed by atoms with E-state index in [-0.39, 0.29) is 30.7 Å². The van der Waals surface area contributed by atoms with Crippen LogP contribution < -0.4 is 10.6 Å². The molecule has 0 saturated heterocycles. The molecule has 0 fully saturated rings. The lowest BCUT2D eigenvalue weighted by atomic mass is 9.99. The van der Waals surface area contributed by atoms with Gasteiger partial charge in [0.15, 0.2) is 0 Å². The predicted molar refractivity (Wildman–Crippen MR) is 236 cm³/mol. The third-order valence-electron chi connectivity index (χ3n) is 9.82. The zero-order valence-corrected chi connectivity index (χ0v) is 36.3. The van der Waals surface area contributed by atoms with E-state index in [1.165, 1.54) is 128 Å². The number of carbonyl (C=O) groups is 2. The molecule has 0 aromatic heterocycles. The summed E-state index contributed by atoms with van der Waals surface area (Å²) in [6.07, 6.45) is 50.9. The highest BCUT2D eigenvalue weighted by atomic mass is 16.5. The number of hydrogen-bond donors (Lipinski definition) is 2. The molecule has 2 N–H and O–H groups in total. The lowest BCUT2D eigenvalue weighted by molar-refractivity contribution is -0.127. The van der Waals surface area contributed by atoms with Gasteiger partial charge in [0.1, 0.15) is 0 Å². The van der Waals surface area contributed by atoms with E-state index in [0.717, 1.165) is 38.5 Å². The third kappa shape index (κ3) is 44.4. The first-order chi connectivity index (χ1) is 27.1. The highest BCUT2D eigenvalue weighted by molar-refractivity contribution is 5.83. The van der Waals surface area contributed by atoms with Gasteiger partial charge in [-0.25, -0.2) is 0 Å². The lowest BCUT2D eigenvalue weighted by Gasteiger charge is -2.19. The van der Waals surface area contributed by atoms with Gasteiger partial charge in [-0.1, -0.05) is 152 Å². The summed E-state index contributed by atoms with van der Waals surface area (Å²) < 4.78 is 15.8. The van der Waals surface area contributed by atoms with Crippen molar-refractivity contribution < 1.29 is 23.8 Å². The van der Waals surface area contributed by atoms with E-state index < -0.39 is 0 Å². The summed E-state index contributed by atoms with van der Waals surface area (Å²) in [6, 6.07) is 0.201. The fourth-order valence-corrected chi connectivity index (χ4v) is 6.39. The average molecular weight is 773 g/mol. The van der Waals surface area contributed by atoms with Crippen LogP contribution in [0, 0.1) is 0 Å². The van der Waals surface area contributed by atoms with Crippen LogP contribution in [0.1, 0.15) is 194 Å². The lowest BCUT2D eigenvalue weighted by Crippen LogP contribution is -2.36. The molecule has 0 atom stereocenters. The number of amides is 2. The first kappa shape index (κ1) is 52.8. The Kier molecular flexibility index (Phi) is 44.3. The summed E-state index contributed by atoms with van der Waals surface area (Å²) in [5.41, 5.74) is 0. The number of methoxy groups -OCH3 is 1. The zero-order valence-electron chi connectivity index (χ0n) is 36.3. The summed E-state index contributed by atoms with van der Waals surface area (Å²) >= 11 is 0. The van der Waals surface area contributed by atoms with E-state index in [4.69, 9.17) is 14.2 Å². The standard InChI is InChI=1S/C48H88N2O5/c1-4-6-8-10-12-14-16-18-20-22-24-26-28-30-32-34-36-46(37-35-33-31-29-27-25-23-21-19-17-15-13-11-9-7-5-2)50-48(52)39-38-47(51)49-40-41-54-44-45-55-43-42-53-3/h12-15,18-21,46H,4-11,16-17,22-45H2,1-3H3,(H,49,51)(H,50,52)/b14-12-,15-13-,20-18-,21-19-. The normalized spacial score (nSPS) is 12.1. The van der Waals surface area contributed by atoms with Crippen LogP contribution in [0.25, 0.3) is 0 Å². The first-order valence-corrected chi connectivity index (χ1v) is 22.9. The maximum absolute atomic E-state index is 12.9. The van der Waals surface area contributed by atoms with Gasteiger partial charge in [-0.05, 0) is 77.0 Å². The number of rotatable bonds is 43. The van der Waals surface area contributed by atoms with Crippen LogP contribution >= 0.6 is 0 Å². The summed E-state index contributed by atoms with van der Waals surface area (Å²) in [6.45, 7) is 7.46. The summed E-state index contributed by atoms with van der Waals surface area (Å²) in [4.78, 5) is 25.2. The van der Waals surface area contributed by atoms with E-state index in [1.807, 2.05) is 0 Å². The molecule has 2 amide bonds. The van der Waals surface area contributed by atoms with Gasteiger partial charge in [-0.15, -0.1) is 0 Å². The van der Waals surface area contributed by atoms with Crippen molar-refractivity contribution in [1.29, 1.82) is 0 Å². The quantitative estimate of drug-likeness (QED) is 0.0476. The van der Waals surface area contributed by atoms with Gasteiger partial charge in [-0.2, -0.15) is 0 Å². The smallest absolute Gasteiger partial charge is 0.220 e. The molecule has 0 aromatic rings. The fourth-order valence-electron chi connectivity index (χ4n) is 6.39. The summed E-state index contributed by atoms with van der Waals surface area (Å²) in [5.74, 6) is -0.119. The Morgan fingerprint density at radius 2 is 0.873 bits per heavy atom. The fraction of sp³-hybridized carbons (Fsp3) is 0.792. The molecule has 7 nitrogen and oxygen atoms in total. The molecule has 0 radical (unpaired) electrons.